The van der Waals surface area contributed by atoms with Gasteiger partial charge in [-0.15, -0.1) is 0 Å². The minimum Gasteiger partial charge on any atom is -0.334 e. The molecule has 28 heavy (non-hydrogen) atoms. The SMILES string of the molecule is O=C(Cc1ccccc1)N1CCCC1c1cccc(Cc2ccc(Cl)cc2)n1. The number of hydrogen-bond donors (Lipinski definition) is 0. The highest BCUT2D eigenvalue weighted by atomic mass is 35.5. The first-order chi connectivity index (χ1) is 13.7. The summed E-state index contributed by atoms with van der Waals surface area (Å²) in [6.45, 7) is 0.805. The fourth-order valence-electron chi connectivity index (χ4n) is 3.84. The third-order valence-electron chi connectivity index (χ3n) is 5.24. The average Bonchev–Trinajstić information content (AvgIpc) is 3.21. The van der Waals surface area contributed by atoms with Gasteiger partial charge in [-0.05, 0) is 48.2 Å². The quantitative estimate of drug-likeness (QED) is 0.597. The van der Waals surface area contributed by atoms with Crippen molar-refractivity contribution in [3.63, 3.8) is 0 Å². The standard InChI is InChI=1S/C24H23ClN2O/c25-20-13-11-19(12-14-20)16-21-8-4-9-22(26-21)23-10-5-15-27(23)24(28)17-18-6-2-1-3-7-18/h1-4,6-9,11-14,23H,5,10,15-17H2. The third kappa shape index (κ3) is 4.42. The van der Waals surface area contributed by atoms with Crippen LogP contribution in [0.4, 0.5) is 0 Å². The molecule has 2 heterocycles. The first-order valence-corrected chi connectivity index (χ1v) is 10.1. The zero-order valence-corrected chi connectivity index (χ0v) is 16.5. The molecule has 0 N–H and O–H groups in total. The van der Waals surface area contributed by atoms with Gasteiger partial charge in [0.25, 0.3) is 0 Å². The number of amides is 1. The van der Waals surface area contributed by atoms with Crippen LogP contribution in [0, 0.1) is 0 Å². The van der Waals surface area contributed by atoms with E-state index in [1.165, 1.54) is 5.56 Å². The molecule has 0 bridgehead atoms. The molecule has 1 saturated heterocycles. The first kappa shape index (κ1) is 18.7. The van der Waals surface area contributed by atoms with E-state index in [4.69, 9.17) is 16.6 Å². The van der Waals surface area contributed by atoms with Crippen molar-refractivity contribution >= 4 is 17.5 Å². The molecule has 1 aromatic heterocycles. The van der Waals surface area contributed by atoms with Gasteiger partial charge in [0.1, 0.15) is 0 Å². The largest absolute Gasteiger partial charge is 0.334 e. The van der Waals surface area contributed by atoms with E-state index in [1.807, 2.05) is 77.7 Å². The first-order valence-electron chi connectivity index (χ1n) is 9.73. The monoisotopic (exact) mass is 390 g/mol. The van der Waals surface area contributed by atoms with Gasteiger partial charge >= 0.3 is 0 Å². The van der Waals surface area contributed by atoms with E-state index in [2.05, 4.69) is 0 Å². The van der Waals surface area contributed by atoms with E-state index in [0.29, 0.717) is 6.42 Å². The summed E-state index contributed by atoms with van der Waals surface area (Å²) in [7, 11) is 0. The second-order valence-electron chi connectivity index (χ2n) is 7.26. The normalized spacial score (nSPS) is 16.3. The molecule has 0 saturated carbocycles. The van der Waals surface area contributed by atoms with Crippen LogP contribution in [0.3, 0.4) is 0 Å². The van der Waals surface area contributed by atoms with Crippen molar-refractivity contribution in [2.24, 2.45) is 0 Å². The molecule has 1 amide bonds. The Morgan fingerprint density at radius 3 is 2.54 bits per heavy atom. The van der Waals surface area contributed by atoms with Gasteiger partial charge in [0.05, 0.1) is 18.2 Å². The molecule has 1 unspecified atom stereocenters. The molecule has 0 spiro atoms. The van der Waals surface area contributed by atoms with Gasteiger partial charge in [0, 0.05) is 23.7 Å². The van der Waals surface area contributed by atoms with Crippen molar-refractivity contribution in [1.82, 2.24) is 9.88 Å². The minimum absolute atomic E-state index is 0.0707. The third-order valence-corrected chi connectivity index (χ3v) is 5.49. The maximum atomic E-state index is 12.9. The molecule has 3 aromatic rings. The van der Waals surface area contributed by atoms with Crippen molar-refractivity contribution in [2.75, 3.05) is 6.54 Å². The number of benzene rings is 2. The van der Waals surface area contributed by atoms with Crippen molar-refractivity contribution in [3.05, 3.63) is 100 Å². The summed E-state index contributed by atoms with van der Waals surface area (Å²) in [4.78, 5) is 19.8. The van der Waals surface area contributed by atoms with Crippen LogP contribution in [0.1, 0.15) is 41.4 Å². The second-order valence-corrected chi connectivity index (χ2v) is 7.70. The van der Waals surface area contributed by atoms with E-state index < -0.39 is 0 Å². The molecule has 4 heteroatoms. The number of rotatable bonds is 5. The summed E-state index contributed by atoms with van der Waals surface area (Å²) in [6.07, 6.45) is 3.20. The number of hydrogen-bond acceptors (Lipinski definition) is 2. The van der Waals surface area contributed by atoms with Gasteiger partial charge < -0.3 is 4.90 Å². The van der Waals surface area contributed by atoms with E-state index in [1.54, 1.807) is 0 Å². The molecular formula is C24H23ClN2O. The number of carbonyl (C=O) groups excluding carboxylic acids is 1. The summed E-state index contributed by atoms with van der Waals surface area (Å²) in [6, 6.07) is 24.0. The number of likely N-dealkylation sites (tertiary alicyclic amines) is 1. The van der Waals surface area contributed by atoms with Gasteiger partial charge in [-0.3, -0.25) is 9.78 Å². The highest BCUT2D eigenvalue weighted by Gasteiger charge is 2.30. The number of pyridine rings is 1. The summed E-state index contributed by atoms with van der Waals surface area (Å²) in [5.41, 5.74) is 4.24. The Balaban J connectivity index is 1.49. The molecule has 1 aliphatic rings. The van der Waals surface area contributed by atoms with Crippen LogP contribution in [-0.4, -0.2) is 22.3 Å². The van der Waals surface area contributed by atoms with Crippen LogP contribution in [0.25, 0.3) is 0 Å². The number of carbonyl (C=O) groups is 1. The van der Waals surface area contributed by atoms with Crippen LogP contribution >= 0.6 is 11.6 Å². The molecule has 1 atom stereocenters. The predicted octanol–water partition coefficient (Wildman–Crippen LogP) is 5.23. The van der Waals surface area contributed by atoms with Crippen molar-refractivity contribution < 1.29 is 4.79 Å². The Morgan fingerprint density at radius 2 is 1.75 bits per heavy atom. The Labute approximate surface area is 171 Å². The lowest BCUT2D eigenvalue weighted by Crippen LogP contribution is -2.32. The van der Waals surface area contributed by atoms with Crippen LogP contribution in [0.5, 0.6) is 0 Å². The van der Waals surface area contributed by atoms with Gasteiger partial charge in [-0.2, -0.15) is 0 Å². The number of halogens is 1. The van der Waals surface area contributed by atoms with Crippen molar-refractivity contribution in [2.45, 2.75) is 31.7 Å². The molecule has 0 aliphatic carbocycles. The lowest BCUT2D eigenvalue weighted by Gasteiger charge is -2.25. The molecule has 1 aliphatic heterocycles. The Bertz CT molecular complexity index is 940. The Hall–Kier alpha value is -2.65. The predicted molar refractivity (Wildman–Crippen MR) is 112 cm³/mol. The van der Waals surface area contributed by atoms with Gasteiger partial charge in [0.2, 0.25) is 5.91 Å². The Morgan fingerprint density at radius 1 is 0.964 bits per heavy atom. The van der Waals surface area contributed by atoms with E-state index in [9.17, 15) is 4.79 Å². The summed E-state index contributed by atoms with van der Waals surface area (Å²) < 4.78 is 0. The van der Waals surface area contributed by atoms with Crippen LogP contribution < -0.4 is 0 Å². The van der Waals surface area contributed by atoms with E-state index in [0.717, 1.165) is 47.8 Å². The van der Waals surface area contributed by atoms with E-state index >= 15 is 0 Å². The zero-order valence-electron chi connectivity index (χ0n) is 15.7. The van der Waals surface area contributed by atoms with Crippen LogP contribution in [-0.2, 0) is 17.6 Å². The highest BCUT2D eigenvalue weighted by molar-refractivity contribution is 6.30. The lowest BCUT2D eigenvalue weighted by molar-refractivity contribution is -0.131. The fourth-order valence-corrected chi connectivity index (χ4v) is 3.96. The Kier molecular flexibility index (Phi) is 5.73. The minimum atomic E-state index is 0.0707. The molecule has 2 aromatic carbocycles. The number of nitrogens with zero attached hydrogens (tertiary/aromatic N) is 2. The summed E-state index contributed by atoms with van der Waals surface area (Å²) in [5.74, 6) is 0.179. The van der Waals surface area contributed by atoms with E-state index in [-0.39, 0.29) is 11.9 Å². The maximum absolute atomic E-state index is 12.9. The van der Waals surface area contributed by atoms with Crippen LogP contribution in [0.2, 0.25) is 5.02 Å². The highest BCUT2D eigenvalue weighted by Crippen LogP contribution is 2.31. The second kappa shape index (κ2) is 8.57. The molecule has 1 fully saturated rings. The summed E-state index contributed by atoms with van der Waals surface area (Å²) >= 11 is 5.98. The molecule has 3 nitrogen and oxygen atoms in total. The van der Waals surface area contributed by atoms with Crippen LogP contribution in [0.15, 0.2) is 72.8 Å². The summed E-state index contributed by atoms with van der Waals surface area (Å²) in [5, 5.41) is 0.740. The molecule has 4 rings (SSSR count). The molecule has 0 radical (unpaired) electrons. The van der Waals surface area contributed by atoms with Crippen molar-refractivity contribution in [1.29, 1.82) is 0 Å². The topological polar surface area (TPSA) is 33.2 Å². The van der Waals surface area contributed by atoms with Gasteiger partial charge in [-0.1, -0.05) is 60.1 Å². The maximum Gasteiger partial charge on any atom is 0.227 e. The fraction of sp³-hybridized carbons (Fsp3) is 0.250. The smallest absolute Gasteiger partial charge is 0.227 e. The average molecular weight is 391 g/mol. The zero-order chi connectivity index (χ0) is 19.3. The molecular weight excluding hydrogens is 368 g/mol. The van der Waals surface area contributed by atoms with Crippen molar-refractivity contribution in [3.8, 4) is 0 Å². The van der Waals surface area contributed by atoms with Gasteiger partial charge in [0.15, 0.2) is 0 Å². The molecule has 142 valence electrons. The van der Waals surface area contributed by atoms with Gasteiger partial charge in [-0.25, -0.2) is 0 Å². The lowest BCUT2D eigenvalue weighted by atomic mass is 10.1. The number of aromatic nitrogens is 1.